The molecule has 0 aromatic carbocycles. The third kappa shape index (κ3) is 1.64. The van der Waals surface area contributed by atoms with Crippen molar-refractivity contribution >= 4 is 0 Å². The SMILES string of the molecule is CC(C)C1COc2cncnc2C1. The number of fused-ring (bicyclic) bond motifs is 1. The van der Waals surface area contributed by atoms with Gasteiger partial charge in [0.15, 0.2) is 5.75 Å². The molecule has 0 saturated heterocycles. The summed E-state index contributed by atoms with van der Waals surface area (Å²) < 4.78 is 5.57. The molecule has 0 amide bonds. The summed E-state index contributed by atoms with van der Waals surface area (Å²) in [6.45, 7) is 5.25. The van der Waals surface area contributed by atoms with Gasteiger partial charge in [-0.05, 0) is 12.3 Å². The van der Waals surface area contributed by atoms with Gasteiger partial charge in [-0.15, -0.1) is 0 Å². The van der Waals surface area contributed by atoms with Crippen molar-refractivity contribution < 1.29 is 4.74 Å². The molecule has 1 aromatic rings. The smallest absolute Gasteiger partial charge is 0.159 e. The highest BCUT2D eigenvalue weighted by molar-refractivity contribution is 5.25. The largest absolute Gasteiger partial charge is 0.490 e. The summed E-state index contributed by atoms with van der Waals surface area (Å²) in [5, 5.41) is 0. The zero-order valence-corrected chi connectivity index (χ0v) is 8.03. The van der Waals surface area contributed by atoms with Crippen molar-refractivity contribution in [3.63, 3.8) is 0 Å². The van der Waals surface area contributed by atoms with Gasteiger partial charge in [0.05, 0.1) is 18.5 Å². The first-order chi connectivity index (χ1) is 6.27. The lowest BCUT2D eigenvalue weighted by atomic mass is 9.90. The topological polar surface area (TPSA) is 35.0 Å². The Bertz CT molecular complexity index is 299. The fourth-order valence-electron chi connectivity index (χ4n) is 1.55. The van der Waals surface area contributed by atoms with Crippen LogP contribution in [0.3, 0.4) is 0 Å². The third-order valence-electron chi connectivity index (χ3n) is 2.61. The van der Waals surface area contributed by atoms with Gasteiger partial charge in [-0.1, -0.05) is 13.8 Å². The Morgan fingerprint density at radius 2 is 2.38 bits per heavy atom. The molecule has 0 aliphatic carbocycles. The summed E-state index contributed by atoms with van der Waals surface area (Å²) in [5.41, 5.74) is 1.06. The minimum absolute atomic E-state index is 0.599. The second kappa shape index (κ2) is 3.32. The molecule has 0 spiro atoms. The van der Waals surface area contributed by atoms with E-state index in [1.165, 1.54) is 0 Å². The highest BCUT2D eigenvalue weighted by Crippen LogP contribution is 2.27. The molecule has 0 fully saturated rings. The zero-order chi connectivity index (χ0) is 9.26. The number of hydrogen-bond donors (Lipinski definition) is 0. The van der Waals surface area contributed by atoms with E-state index >= 15 is 0 Å². The van der Waals surface area contributed by atoms with Crippen LogP contribution in [-0.2, 0) is 6.42 Å². The molecule has 70 valence electrons. The average molecular weight is 178 g/mol. The number of rotatable bonds is 1. The quantitative estimate of drug-likeness (QED) is 0.656. The fraction of sp³-hybridized carbons (Fsp3) is 0.600. The molecule has 0 bridgehead atoms. The first kappa shape index (κ1) is 8.48. The van der Waals surface area contributed by atoms with Crippen molar-refractivity contribution in [2.45, 2.75) is 20.3 Å². The fourth-order valence-corrected chi connectivity index (χ4v) is 1.55. The minimum Gasteiger partial charge on any atom is -0.490 e. The van der Waals surface area contributed by atoms with E-state index in [9.17, 15) is 0 Å². The predicted molar refractivity (Wildman–Crippen MR) is 49.6 cm³/mol. The van der Waals surface area contributed by atoms with Crippen LogP contribution < -0.4 is 4.74 Å². The van der Waals surface area contributed by atoms with Gasteiger partial charge in [0.25, 0.3) is 0 Å². The Morgan fingerprint density at radius 1 is 1.54 bits per heavy atom. The Hall–Kier alpha value is -1.12. The summed E-state index contributed by atoms with van der Waals surface area (Å²) in [5.74, 6) is 2.12. The van der Waals surface area contributed by atoms with Crippen LogP contribution in [0.2, 0.25) is 0 Å². The number of ether oxygens (including phenoxy) is 1. The van der Waals surface area contributed by atoms with Crippen molar-refractivity contribution in [2.24, 2.45) is 11.8 Å². The predicted octanol–water partition coefficient (Wildman–Crippen LogP) is 1.68. The lowest BCUT2D eigenvalue weighted by molar-refractivity contribution is 0.181. The molecular weight excluding hydrogens is 164 g/mol. The molecule has 2 heterocycles. The molecule has 13 heavy (non-hydrogen) atoms. The van der Waals surface area contributed by atoms with Crippen LogP contribution in [0.5, 0.6) is 5.75 Å². The molecule has 3 heteroatoms. The number of aromatic nitrogens is 2. The zero-order valence-electron chi connectivity index (χ0n) is 8.03. The highest BCUT2D eigenvalue weighted by atomic mass is 16.5. The van der Waals surface area contributed by atoms with Crippen LogP contribution in [0.4, 0.5) is 0 Å². The van der Waals surface area contributed by atoms with Gasteiger partial charge >= 0.3 is 0 Å². The van der Waals surface area contributed by atoms with Gasteiger partial charge in [-0.25, -0.2) is 9.97 Å². The van der Waals surface area contributed by atoms with E-state index in [1.54, 1.807) is 12.5 Å². The summed E-state index contributed by atoms with van der Waals surface area (Å²) >= 11 is 0. The van der Waals surface area contributed by atoms with Crippen LogP contribution in [-0.4, -0.2) is 16.6 Å². The molecular formula is C10H14N2O. The molecule has 1 unspecified atom stereocenters. The Balaban J connectivity index is 2.20. The van der Waals surface area contributed by atoms with E-state index in [4.69, 9.17) is 4.74 Å². The van der Waals surface area contributed by atoms with Crippen LogP contribution in [0.25, 0.3) is 0 Å². The monoisotopic (exact) mass is 178 g/mol. The minimum atomic E-state index is 0.599. The molecule has 1 aromatic heterocycles. The van der Waals surface area contributed by atoms with Gasteiger partial charge in [0.1, 0.15) is 6.33 Å². The third-order valence-corrected chi connectivity index (χ3v) is 2.61. The standard InChI is InChI=1S/C10H14N2O/c1-7(2)8-3-9-10(13-5-8)4-11-6-12-9/h4,6-8H,3,5H2,1-2H3. The van der Waals surface area contributed by atoms with Crippen LogP contribution in [0.15, 0.2) is 12.5 Å². The number of nitrogens with zero attached hydrogens (tertiary/aromatic N) is 2. The van der Waals surface area contributed by atoms with E-state index in [2.05, 4.69) is 23.8 Å². The maximum atomic E-state index is 5.57. The molecule has 1 atom stereocenters. The molecule has 0 saturated carbocycles. The van der Waals surface area contributed by atoms with Crippen LogP contribution in [0.1, 0.15) is 19.5 Å². The van der Waals surface area contributed by atoms with Gasteiger partial charge in [0.2, 0.25) is 0 Å². The van der Waals surface area contributed by atoms with E-state index in [-0.39, 0.29) is 0 Å². The van der Waals surface area contributed by atoms with E-state index in [1.807, 2.05) is 0 Å². The van der Waals surface area contributed by atoms with Crippen LogP contribution >= 0.6 is 0 Å². The Kier molecular flexibility index (Phi) is 2.17. The van der Waals surface area contributed by atoms with Crippen molar-refractivity contribution in [2.75, 3.05) is 6.61 Å². The maximum absolute atomic E-state index is 5.57. The van der Waals surface area contributed by atoms with E-state index in [0.29, 0.717) is 11.8 Å². The summed E-state index contributed by atoms with van der Waals surface area (Å²) in [6, 6.07) is 0. The van der Waals surface area contributed by atoms with Crippen molar-refractivity contribution in [1.82, 2.24) is 9.97 Å². The maximum Gasteiger partial charge on any atom is 0.159 e. The van der Waals surface area contributed by atoms with Gasteiger partial charge in [-0.2, -0.15) is 0 Å². The molecule has 0 radical (unpaired) electrons. The second-order valence-corrected chi connectivity index (χ2v) is 3.85. The molecule has 1 aliphatic rings. The molecule has 1 aliphatic heterocycles. The lowest BCUT2D eigenvalue weighted by Crippen LogP contribution is -2.25. The van der Waals surface area contributed by atoms with Crippen molar-refractivity contribution in [3.05, 3.63) is 18.2 Å². The van der Waals surface area contributed by atoms with Gasteiger partial charge < -0.3 is 4.74 Å². The summed E-state index contributed by atoms with van der Waals surface area (Å²) in [6.07, 6.45) is 4.36. The molecule has 2 rings (SSSR count). The lowest BCUT2D eigenvalue weighted by Gasteiger charge is -2.26. The highest BCUT2D eigenvalue weighted by Gasteiger charge is 2.23. The Morgan fingerprint density at radius 3 is 3.15 bits per heavy atom. The van der Waals surface area contributed by atoms with Crippen molar-refractivity contribution in [1.29, 1.82) is 0 Å². The second-order valence-electron chi connectivity index (χ2n) is 3.85. The molecule has 0 N–H and O–H groups in total. The van der Waals surface area contributed by atoms with Crippen molar-refractivity contribution in [3.8, 4) is 5.75 Å². The average Bonchev–Trinajstić information content (AvgIpc) is 2.17. The normalized spacial score (nSPS) is 21.0. The summed E-state index contributed by atoms with van der Waals surface area (Å²) in [4.78, 5) is 8.15. The van der Waals surface area contributed by atoms with Gasteiger partial charge in [0, 0.05) is 5.92 Å². The van der Waals surface area contributed by atoms with Crippen LogP contribution in [0, 0.1) is 11.8 Å². The first-order valence-corrected chi connectivity index (χ1v) is 4.69. The van der Waals surface area contributed by atoms with Gasteiger partial charge in [-0.3, -0.25) is 0 Å². The molecule has 3 nitrogen and oxygen atoms in total. The number of hydrogen-bond acceptors (Lipinski definition) is 3. The van der Waals surface area contributed by atoms with E-state index in [0.717, 1.165) is 24.5 Å². The summed E-state index contributed by atoms with van der Waals surface area (Å²) in [7, 11) is 0. The first-order valence-electron chi connectivity index (χ1n) is 4.69. The Labute approximate surface area is 78.2 Å². The van der Waals surface area contributed by atoms with E-state index < -0.39 is 0 Å².